The Morgan fingerprint density at radius 3 is 2.80 bits per heavy atom. The van der Waals surface area contributed by atoms with E-state index in [9.17, 15) is 9.90 Å². The largest absolute Gasteiger partial charge is 0.497 e. The molecule has 1 atom stereocenters. The van der Waals surface area contributed by atoms with Crippen LogP contribution >= 0.6 is 0 Å². The summed E-state index contributed by atoms with van der Waals surface area (Å²) in [6, 6.07) is 6.70. The number of aliphatic hydroxyl groups excluding tert-OH is 1. The minimum Gasteiger partial charge on any atom is -0.497 e. The van der Waals surface area contributed by atoms with Gasteiger partial charge in [-0.2, -0.15) is 5.10 Å². The second kappa shape index (κ2) is 6.67. The zero-order chi connectivity index (χ0) is 14.4. The van der Waals surface area contributed by atoms with E-state index >= 15 is 0 Å². The van der Waals surface area contributed by atoms with Crippen molar-refractivity contribution in [2.24, 2.45) is 0 Å². The van der Waals surface area contributed by atoms with E-state index in [1.165, 1.54) is 6.33 Å². The molecule has 1 aromatic carbocycles. The second-order valence-corrected chi connectivity index (χ2v) is 4.13. The molecular weight excluding hydrogens is 260 g/mol. The number of rotatable bonds is 6. The molecule has 0 saturated carbocycles. The van der Waals surface area contributed by atoms with Gasteiger partial charge < -0.3 is 15.2 Å². The van der Waals surface area contributed by atoms with Gasteiger partial charge in [-0.15, -0.1) is 0 Å². The molecule has 20 heavy (non-hydrogen) atoms. The number of aliphatic hydroxyl groups is 1. The van der Waals surface area contributed by atoms with E-state index < -0.39 is 12.0 Å². The molecule has 0 fully saturated rings. The van der Waals surface area contributed by atoms with Gasteiger partial charge in [0.25, 0.3) is 5.91 Å². The average molecular weight is 276 g/mol. The molecule has 0 unspecified atom stereocenters. The van der Waals surface area contributed by atoms with Crippen LogP contribution in [-0.4, -0.2) is 39.4 Å². The number of aromatic nitrogens is 3. The molecule has 0 spiro atoms. The van der Waals surface area contributed by atoms with Gasteiger partial charge in [0.2, 0.25) is 0 Å². The number of methoxy groups -OCH3 is 1. The number of ether oxygens (including phenoxy) is 1. The van der Waals surface area contributed by atoms with Crippen LogP contribution < -0.4 is 10.1 Å². The number of carbonyl (C=O) groups is 1. The fraction of sp³-hybridized carbons (Fsp3) is 0.308. The number of amides is 1. The van der Waals surface area contributed by atoms with Gasteiger partial charge in [0.1, 0.15) is 18.4 Å². The fourth-order valence-electron chi connectivity index (χ4n) is 1.68. The second-order valence-electron chi connectivity index (χ2n) is 4.13. The summed E-state index contributed by atoms with van der Waals surface area (Å²) >= 11 is 0. The molecule has 0 aliphatic carbocycles. The van der Waals surface area contributed by atoms with E-state index in [2.05, 4.69) is 15.4 Å². The van der Waals surface area contributed by atoms with Gasteiger partial charge in [0.15, 0.2) is 6.10 Å². The van der Waals surface area contributed by atoms with Crippen molar-refractivity contribution in [1.29, 1.82) is 0 Å². The summed E-state index contributed by atoms with van der Waals surface area (Å²) in [4.78, 5) is 15.6. The van der Waals surface area contributed by atoms with Gasteiger partial charge in [0, 0.05) is 6.54 Å². The quantitative estimate of drug-likeness (QED) is 0.783. The van der Waals surface area contributed by atoms with E-state index in [0.717, 1.165) is 0 Å². The monoisotopic (exact) mass is 276 g/mol. The maximum absolute atomic E-state index is 11.8. The highest BCUT2D eigenvalue weighted by Crippen LogP contribution is 2.17. The Labute approximate surface area is 116 Å². The standard InChI is InChI=1S/C13H16N4O3/c1-20-11-4-2-10(3-5-11)12(18)13(19)15-6-7-17-9-14-8-16-17/h2-5,8-9,12,18H,6-7H2,1H3,(H,15,19)/t12-/m1/s1. The Morgan fingerprint density at radius 2 is 2.20 bits per heavy atom. The minimum atomic E-state index is -1.20. The highest BCUT2D eigenvalue weighted by atomic mass is 16.5. The van der Waals surface area contributed by atoms with Crippen LogP contribution in [0.5, 0.6) is 5.75 Å². The maximum Gasteiger partial charge on any atom is 0.253 e. The predicted molar refractivity (Wildman–Crippen MR) is 71.0 cm³/mol. The third-order valence-electron chi connectivity index (χ3n) is 2.79. The lowest BCUT2D eigenvalue weighted by molar-refractivity contribution is -0.129. The lowest BCUT2D eigenvalue weighted by atomic mass is 10.1. The summed E-state index contributed by atoms with van der Waals surface area (Å²) in [5, 5.41) is 16.5. The summed E-state index contributed by atoms with van der Waals surface area (Å²) in [5.41, 5.74) is 0.518. The Bertz CT molecular complexity index is 539. The minimum absolute atomic E-state index is 0.370. The third-order valence-corrected chi connectivity index (χ3v) is 2.79. The highest BCUT2D eigenvalue weighted by molar-refractivity contribution is 5.81. The van der Waals surface area contributed by atoms with E-state index in [0.29, 0.717) is 24.4 Å². The number of benzene rings is 1. The Morgan fingerprint density at radius 1 is 1.45 bits per heavy atom. The Hall–Kier alpha value is -2.41. The van der Waals surface area contributed by atoms with Gasteiger partial charge in [0.05, 0.1) is 13.7 Å². The molecule has 2 rings (SSSR count). The van der Waals surface area contributed by atoms with Crippen molar-refractivity contribution in [2.75, 3.05) is 13.7 Å². The van der Waals surface area contributed by atoms with E-state index in [-0.39, 0.29) is 0 Å². The fourth-order valence-corrected chi connectivity index (χ4v) is 1.68. The van der Waals surface area contributed by atoms with Crippen LogP contribution in [0.3, 0.4) is 0 Å². The molecule has 2 N–H and O–H groups in total. The smallest absolute Gasteiger partial charge is 0.253 e. The molecule has 1 amide bonds. The lowest BCUT2D eigenvalue weighted by Gasteiger charge is -2.12. The first-order chi connectivity index (χ1) is 9.70. The number of nitrogens with one attached hydrogen (secondary N) is 1. The molecule has 106 valence electrons. The van der Waals surface area contributed by atoms with Crippen LogP contribution in [-0.2, 0) is 11.3 Å². The summed E-state index contributed by atoms with van der Waals surface area (Å²) in [6.07, 6.45) is 1.79. The summed E-state index contributed by atoms with van der Waals surface area (Å²) in [6.45, 7) is 0.872. The molecular formula is C13H16N4O3. The first-order valence-electron chi connectivity index (χ1n) is 6.13. The number of hydrogen-bond donors (Lipinski definition) is 2. The summed E-state index contributed by atoms with van der Waals surface area (Å²) < 4.78 is 6.62. The zero-order valence-electron chi connectivity index (χ0n) is 11.1. The SMILES string of the molecule is COc1ccc([C@@H](O)C(=O)NCCn2cncn2)cc1. The van der Waals surface area contributed by atoms with Crippen molar-refractivity contribution in [3.05, 3.63) is 42.5 Å². The third kappa shape index (κ3) is 3.55. The first-order valence-corrected chi connectivity index (χ1v) is 6.13. The average Bonchev–Trinajstić information content (AvgIpc) is 2.99. The van der Waals surface area contributed by atoms with Crippen LogP contribution in [0.15, 0.2) is 36.9 Å². The maximum atomic E-state index is 11.8. The van der Waals surface area contributed by atoms with Crippen molar-refractivity contribution in [2.45, 2.75) is 12.6 Å². The molecule has 0 aliphatic heterocycles. The van der Waals surface area contributed by atoms with E-state index in [1.54, 1.807) is 42.4 Å². The van der Waals surface area contributed by atoms with E-state index in [4.69, 9.17) is 4.74 Å². The van der Waals surface area contributed by atoms with Crippen LogP contribution in [0.25, 0.3) is 0 Å². The molecule has 0 saturated heterocycles. The molecule has 2 aromatic rings. The zero-order valence-corrected chi connectivity index (χ0v) is 11.1. The van der Waals surface area contributed by atoms with Crippen molar-refractivity contribution in [3.63, 3.8) is 0 Å². The number of nitrogens with zero attached hydrogens (tertiary/aromatic N) is 3. The predicted octanol–water partition coefficient (Wildman–Crippen LogP) is 0.136. The molecule has 0 aliphatic rings. The molecule has 0 bridgehead atoms. The van der Waals surface area contributed by atoms with Crippen LogP contribution in [0.2, 0.25) is 0 Å². The molecule has 1 heterocycles. The van der Waals surface area contributed by atoms with E-state index in [1.807, 2.05) is 0 Å². The van der Waals surface area contributed by atoms with Crippen molar-refractivity contribution >= 4 is 5.91 Å². The number of hydrogen-bond acceptors (Lipinski definition) is 5. The molecule has 7 heteroatoms. The molecule has 1 aromatic heterocycles. The molecule has 0 radical (unpaired) electrons. The first kappa shape index (κ1) is 14.0. The molecule has 7 nitrogen and oxygen atoms in total. The van der Waals surface area contributed by atoms with Crippen LogP contribution in [0.1, 0.15) is 11.7 Å². The van der Waals surface area contributed by atoms with Gasteiger partial charge in [-0.05, 0) is 17.7 Å². The highest BCUT2D eigenvalue weighted by Gasteiger charge is 2.16. The normalized spacial score (nSPS) is 11.9. The summed E-state index contributed by atoms with van der Waals surface area (Å²) in [7, 11) is 1.56. The van der Waals surface area contributed by atoms with Crippen molar-refractivity contribution in [3.8, 4) is 5.75 Å². The van der Waals surface area contributed by atoms with Crippen molar-refractivity contribution in [1.82, 2.24) is 20.1 Å². The van der Waals surface area contributed by atoms with Crippen molar-refractivity contribution < 1.29 is 14.6 Å². The Kier molecular flexibility index (Phi) is 4.67. The van der Waals surface area contributed by atoms with Gasteiger partial charge >= 0.3 is 0 Å². The van der Waals surface area contributed by atoms with Gasteiger partial charge in [-0.3, -0.25) is 9.48 Å². The topological polar surface area (TPSA) is 89.3 Å². The van der Waals surface area contributed by atoms with Crippen LogP contribution in [0, 0.1) is 0 Å². The van der Waals surface area contributed by atoms with Gasteiger partial charge in [-0.25, -0.2) is 4.98 Å². The lowest BCUT2D eigenvalue weighted by Crippen LogP contribution is -2.32. The number of carbonyl (C=O) groups excluding carboxylic acids is 1. The summed E-state index contributed by atoms with van der Waals surface area (Å²) in [5.74, 6) is 0.225. The van der Waals surface area contributed by atoms with Gasteiger partial charge in [-0.1, -0.05) is 12.1 Å². The Balaban J connectivity index is 1.84. The van der Waals surface area contributed by atoms with Crippen LogP contribution in [0.4, 0.5) is 0 Å².